The first kappa shape index (κ1) is 15.9. The molecule has 2 N–H and O–H groups in total. The summed E-state index contributed by atoms with van der Waals surface area (Å²) in [5.74, 6) is 0.979. The van der Waals surface area contributed by atoms with Crippen molar-refractivity contribution in [3.8, 4) is 0 Å². The summed E-state index contributed by atoms with van der Waals surface area (Å²) >= 11 is 2.05. The van der Waals surface area contributed by atoms with Gasteiger partial charge in [-0.2, -0.15) is 11.8 Å². The molecule has 1 heterocycles. The predicted molar refractivity (Wildman–Crippen MR) is 88.2 cm³/mol. The zero-order chi connectivity index (χ0) is 14.6. The maximum absolute atomic E-state index is 5.99. The molecule has 0 amide bonds. The maximum Gasteiger partial charge on any atom is 0.0948 e. The number of hydrogen-bond acceptors (Lipinski definition) is 3. The summed E-state index contributed by atoms with van der Waals surface area (Å²) in [6.45, 7) is 6.29. The van der Waals surface area contributed by atoms with E-state index in [1.165, 1.54) is 37.8 Å². The molecule has 0 spiro atoms. The van der Waals surface area contributed by atoms with Gasteiger partial charge in [-0.1, -0.05) is 33.1 Å². The fourth-order valence-corrected chi connectivity index (χ4v) is 4.40. The van der Waals surface area contributed by atoms with Crippen LogP contribution in [0.15, 0.2) is 12.5 Å². The lowest BCUT2D eigenvalue weighted by Crippen LogP contribution is -2.34. The Hall–Kier alpha value is -0.480. The van der Waals surface area contributed by atoms with E-state index in [1.54, 1.807) is 0 Å². The van der Waals surface area contributed by atoms with Crippen molar-refractivity contribution in [1.29, 1.82) is 0 Å². The highest BCUT2D eigenvalue weighted by Crippen LogP contribution is 2.40. The first-order chi connectivity index (χ1) is 9.62. The Labute approximate surface area is 127 Å². The minimum atomic E-state index is 0.407. The van der Waals surface area contributed by atoms with Gasteiger partial charge in [0.05, 0.1) is 6.33 Å². The van der Waals surface area contributed by atoms with E-state index >= 15 is 0 Å². The Kier molecular flexibility index (Phi) is 5.56. The van der Waals surface area contributed by atoms with Crippen LogP contribution in [-0.4, -0.2) is 27.1 Å². The number of hydrogen-bond donors (Lipinski definition) is 1. The van der Waals surface area contributed by atoms with Crippen LogP contribution in [-0.2, 0) is 6.54 Å². The zero-order valence-electron chi connectivity index (χ0n) is 13.1. The van der Waals surface area contributed by atoms with Crippen LogP contribution in [0.2, 0.25) is 0 Å². The van der Waals surface area contributed by atoms with E-state index in [1.807, 2.05) is 24.3 Å². The normalized spacial score (nSPS) is 20.2. The topological polar surface area (TPSA) is 43.8 Å². The van der Waals surface area contributed by atoms with Gasteiger partial charge in [-0.15, -0.1) is 0 Å². The molecule has 1 fully saturated rings. The molecular weight excluding hydrogens is 266 g/mol. The molecule has 20 heavy (non-hydrogen) atoms. The number of imidazole rings is 1. The molecule has 1 aliphatic rings. The second-order valence-electron chi connectivity index (χ2n) is 6.48. The molecule has 1 aromatic rings. The van der Waals surface area contributed by atoms with E-state index in [-0.39, 0.29) is 0 Å². The van der Waals surface area contributed by atoms with E-state index in [9.17, 15) is 0 Å². The zero-order valence-corrected chi connectivity index (χ0v) is 14.0. The molecule has 1 unspecified atom stereocenters. The summed E-state index contributed by atoms with van der Waals surface area (Å²) < 4.78 is 2.78. The largest absolute Gasteiger partial charge is 0.333 e. The van der Waals surface area contributed by atoms with Gasteiger partial charge in [-0.3, -0.25) is 0 Å². The molecule has 4 heteroatoms. The Bertz CT molecular complexity index is 408. The second-order valence-corrected chi connectivity index (χ2v) is 7.75. The highest BCUT2D eigenvalue weighted by Gasteiger charge is 2.32. The van der Waals surface area contributed by atoms with Crippen molar-refractivity contribution in [2.45, 2.75) is 63.2 Å². The fourth-order valence-electron chi connectivity index (χ4n) is 3.44. The van der Waals surface area contributed by atoms with E-state index in [4.69, 9.17) is 5.73 Å². The molecule has 1 aliphatic carbocycles. The van der Waals surface area contributed by atoms with E-state index in [0.29, 0.717) is 23.1 Å². The van der Waals surface area contributed by atoms with Gasteiger partial charge < -0.3 is 10.3 Å². The summed E-state index contributed by atoms with van der Waals surface area (Å²) in [7, 11) is 0. The van der Waals surface area contributed by atoms with Crippen molar-refractivity contribution in [3.63, 3.8) is 0 Å². The highest BCUT2D eigenvalue weighted by atomic mass is 32.2. The Morgan fingerprint density at radius 2 is 2.05 bits per heavy atom. The van der Waals surface area contributed by atoms with Crippen molar-refractivity contribution in [1.82, 2.24) is 9.55 Å². The standard InChI is InChI=1S/C16H29N3S/c1-13(2)14(9-17)15-10-18-12-19(15)11-16(20-3)7-5-4-6-8-16/h10,12-14H,4-9,11,17H2,1-3H3. The number of nitrogens with zero attached hydrogens (tertiary/aromatic N) is 2. The number of thioether (sulfide) groups is 1. The smallest absolute Gasteiger partial charge is 0.0948 e. The lowest BCUT2D eigenvalue weighted by molar-refractivity contribution is 0.348. The lowest BCUT2D eigenvalue weighted by atomic mass is 9.87. The highest BCUT2D eigenvalue weighted by molar-refractivity contribution is 8.00. The molecule has 1 atom stereocenters. The van der Waals surface area contributed by atoms with Crippen molar-refractivity contribution in [3.05, 3.63) is 18.2 Å². The molecule has 114 valence electrons. The van der Waals surface area contributed by atoms with Crippen LogP contribution in [0, 0.1) is 5.92 Å². The Morgan fingerprint density at radius 3 is 2.60 bits per heavy atom. The van der Waals surface area contributed by atoms with Crippen LogP contribution >= 0.6 is 11.8 Å². The predicted octanol–water partition coefficient (Wildman–Crippen LogP) is 3.65. The molecule has 0 aromatic carbocycles. The van der Waals surface area contributed by atoms with Crippen LogP contribution in [0.5, 0.6) is 0 Å². The Morgan fingerprint density at radius 1 is 1.35 bits per heavy atom. The molecule has 0 bridgehead atoms. The third-order valence-corrected chi connectivity index (χ3v) is 6.24. The maximum atomic E-state index is 5.99. The first-order valence-electron chi connectivity index (χ1n) is 7.87. The van der Waals surface area contributed by atoms with Gasteiger partial charge in [0.15, 0.2) is 0 Å². The van der Waals surface area contributed by atoms with E-state index < -0.39 is 0 Å². The average molecular weight is 295 g/mol. The number of rotatable bonds is 6. The van der Waals surface area contributed by atoms with Crippen molar-refractivity contribution in [2.75, 3.05) is 12.8 Å². The molecule has 0 aliphatic heterocycles. The van der Waals surface area contributed by atoms with Crippen molar-refractivity contribution >= 4 is 11.8 Å². The minimum Gasteiger partial charge on any atom is -0.333 e. The third kappa shape index (κ3) is 3.40. The van der Waals surface area contributed by atoms with Gasteiger partial charge in [0.1, 0.15) is 0 Å². The minimum absolute atomic E-state index is 0.407. The van der Waals surface area contributed by atoms with Gasteiger partial charge in [-0.25, -0.2) is 4.98 Å². The number of aromatic nitrogens is 2. The van der Waals surface area contributed by atoms with Crippen LogP contribution in [0.25, 0.3) is 0 Å². The molecular formula is C16H29N3S. The summed E-state index contributed by atoms with van der Waals surface area (Å²) in [5, 5.41) is 0. The first-order valence-corrected chi connectivity index (χ1v) is 9.09. The van der Waals surface area contributed by atoms with Crippen LogP contribution in [0.3, 0.4) is 0 Å². The molecule has 0 radical (unpaired) electrons. The van der Waals surface area contributed by atoms with Gasteiger partial charge in [0.25, 0.3) is 0 Å². The molecule has 0 saturated heterocycles. The number of nitrogens with two attached hydrogens (primary N) is 1. The van der Waals surface area contributed by atoms with E-state index in [0.717, 1.165) is 6.54 Å². The van der Waals surface area contributed by atoms with Gasteiger partial charge >= 0.3 is 0 Å². The summed E-state index contributed by atoms with van der Waals surface area (Å²) in [6, 6.07) is 0. The summed E-state index contributed by atoms with van der Waals surface area (Å²) in [6.07, 6.45) is 13.1. The van der Waals surface area contributed by atoms with Crippen molar-refractivity contribution < 1.29 is 0 Å². The van der Waals surface area contributed by atoms with Crippen molar-refractivity contribution in [2.24, 2.45) is 11.7 Å². The fraction of sp³-hybridized carbons (Fsp3) is 0.812. The van der Waals surface area contributed by atoms with Gasteiger partial charge in [0, 0.05) is 35.6 Å². The molecule has 3 nitrogen and oxygen atoms in total. The third-order valence-electron chi connectivity index (χ3n) is 4.84. The summed E-state index contributed by atoms with van der Waals surface area (Å²) in [4.78, 5) is 4.40. The monoisotopic (exact) mass is 295 g/mol. The van der Waals surface area contributed by atoms with Crippen LogP contribution in [0.1, 0.15) is 57.6 Å². The average Bonchev–Trinajstić information content (AvgIpc) is 2.88. The second kappa shape index (κ2) is 6.99. The van der Waals surface area contributed by atoms with Gasteiger partial charge in [-0.05, 0) is 25.0 Å². The SMILES string of the molecule is CSC1(Cn2cncc2C(CN)C(C)C)CCCCC1. The molecule has 2 rings (SSSR count). The quantitative estimate of drug-likeness (QED) is 0.871. The summed E-state index contributed by atoms with van der Waals surface area (Å²) in [5.41, 5.74) is 7.31. The van der Waals surface area contributed by atoms with Crippen LogP contribution in [0.4, 0.5) is 0 Å². The van der Waals surface area contributed by atoms with Gasteiger partial charge in [0.2, 0.25) is 0 Å². The molecule has 1 aromatic heterocycles. The van der Waals surface area contributed by atoms with Crippen LogP contribution < -0.4 is 5.73 Å². The Balaban J connectivity index is 2.19. The van der Waals surface area contributed by atoms with E-state index in [2.05, 4.69) is 29.7 Å². The lowest BCUT2D eigenvalue weighted by Gasteiger charge is -2.37. The molecule has 1 saturated carbocycles.